The van der Waals surface area contributed by atoms with Crippen LogP contribution < -0.4 is 11.1 Å². The maximum atomic E-state index is 5.47. The Hall–Kier alpha value is -0.510. The molecule has 0 aromatic heterocycles. The highest BCUT2D eigenvalue weighted by molar-refractivity contribution is 7.98. The third-order valence-electron chi connectivity index (χ3n) is 2.76. The normalized spacial score (nSPS) is 11.8. The van der Waals surface area contributed by atoms with Gasteiger partial charge in [-0.1, -0.05) is 26.0 Å². The molecule has 0 aliphatic carbocycles. The number of nitrogens with one attached hydrogen (secondary N) is 1. The van der Waals surface area contributed by atoms with Gasteiger partial charge in [0.1, 0.15) is 0 Å². The quantitative estimate of drug-likeness (QED) is 0.589. The van der Waals surface area contributed by atoms with Crippen LogP contribution in [0.5, 0.6) is 0 Å². The van der Waals surface area contributed by atoms with Gasteiger partial charge in [0, 0.05) is 29.9 Å². The summed E-state index contributed by atoms with van der Waals surface area (Å²) in [5.74, 6) is 0. The molecule has 0 unspecified atom stereocenters. The number of benzene rings is 1. The van der Waals surface area contributed by atoms with E-state index in [0.717, 1.165) is 13.1 Å². The highest BCUT2D eigenvalue weighted by Crippen LogP contribution is 2.24. The molecule has 3 heteroatoms. The molecule has 0 aliphatic heterocycles. The van der Waals surface area contributed by atoms with Crippen LogP contribution in [0.25, 0.3) is 0 Å². The van der Waals surface area contributed by atoms with E-state index >= 15 is 0 Å². The zero-order chi connectivity index (χ0) is 12.0. The first kappa shape index (κ1) is 13.6. The highest BCUT2D eigenvalue weighted by Gasteiger charge is 2.19. The predicted molar refractivity (Wildman–Crippen MR) is 73.2 cm³/mol. The first-order valence-corrected chi connectivity index (χ1v) is 6.88. The van der Waals surface area contributed by atoms with E-state index < -0.39 is 0 Å². The van der Waals surface area contributed by atoms with E-state index in [2.05, 4.69) is 49.7 Å². The van der Waals surface area contributed by atoms with E-state index in [4.69, 9.17) is 5.73 Å². The van der Waals surface area contributed by atoms with Crippen molar-refractivity contribution in [2.45, 2.75) is 24.2 Å². The Balaban J connectivity index is 2.65. The standard InChI is InChI=1S/C13H22N2S/c1-13(2,10-15-9-8-14)11-4-6-12(16-3)7-5-11/h4-7,15H,8-10,14H2,1-3H3. The molecular weight excluding hydrogens is 216 g/mol. The zero-order valence-corrected chi connectivity index (χ0v) is 11.2. The lowest BCUT2D eigenvalue weighted by atomic mass is 9.84. The minimum absolute atomic E-state index is 0.159. The maximum absolute atomic E-state index is 5.47. The average molecular weight is 238 g/mol. The van der Waals surface area contributed by atoms with Gasteiger partial charge in [-0.3, -0.25) is 0 Å². The van der Waals surface area contributed by atoms with Crippen molar-refractivity contribution < 1.29 is 0 Å². The van der Waals surface area contributed by atoms with Gasteiger partial charge in [-0.15, -0.1) is 11.8 Å². The fourth-order valence-electron chi connectivity index (χ4n) is 1.65. The fourth-order valence-corrected chi connectivity index (χ4v) is 2.06. The Bertz CT molecular complexity index is 306. The Kier molecular flexibility index (Phi) is 5.32. The fraction of sp³-hybridized carbons (Fsp3) is 0.538. The summed E-state index contributed by atoms with van der Waals surface area (Å²) in [6, 6.07) is 8.81. The Morgan fingerprint density at radius 2 is 1.88 bits per heavy atom. The van der Waals surface area contributed by atoms with Crippen LogP contribution in [0.4, 0.5) is 0 Å². The van der Waals surface area contributed by atoms with Crippen LogP contribution in [0, 0.1) is 0 Å². The molecule has 90 valence electrons. The highest BCUT2D eigenvalue weighted by atomic mass is 32.2. The molecule has 0 spiro atoms. The van der Waals surface area contributed by atoms with Crippen molar-refractivity contribution in [2.24, 2.45) is 5.73 Å². The van der Waals surface area contributed by atoms with Gasteiger partial charge in [0.15, 0.2) is 0 Å². The third kappa shape index (κ3) is 3.81. The molecule has 16 heavy (non-hydrogen) atoms. The van der Waals surface area contributed by atoms with Crippen LogP contribution in [0.15, 0.2) is 29.2 Å². The van der Waals surface area contributed by atoms with Crippen molar-refractivity contribution in [3.05, 3.63) is 29.8 Å². The number of nitrogens with two attached hydrogens (primary N) is 1. The van der Waals surface area contributed by atoms with Crippen LogP contribution in [-0.2, 0) is 5.41 Å². The first-order chi connectivity index (χ1) is 7.60. The molecule has 1 aromatic carbocycles. The van der Waals surface area contributed by atoms with Crippen molar-refractivity contribution in [2.75, 3.05) is 25.9 Å². The summed E-state index contributed by atoms with van der Waals surface area (Å²) in [4.78, 5) is 1.31. The molecule has 0 heterocycles. The molecule has 0 fully saturated rings. The average Bonchev–Trinajstić information content (AvgIpc) is 2.29. The lowest BCUT2D eigenvalue weighted by molar-refractivity contribution is 0.473. The van der Waals surface area contributed by atoms with E-state index in [-0.39, 0.29) is 5.41 Å². The second-order valence-corrected chi connectivity index (χ2v) is 5.46. The molecule has 1 rings (SSSR count). The van der Waals surface area contributed by atoms with E-state index in [1.54, 1.807) is 11.8 Å². The molecule has 0 atom stereocenters. The first-order valence-electron chi connectivity index (χ1n) is 5.65. The van der Waals surface area contributed by atoms with E-state index in [1.165, 1.54) is 10.5 Å². The van der Waals surface area contributed by atoms with Crippen LogP contribution >= 0.6 is 11.8 Å². The molecule has 3 N–H and O–H groups in total. The molecule has 0 saturated heterocycles. The molecule has 0 amide bonds. The summed E-state index contributed by atoms with van der Waals surface area (Å²) in [7, 11) is 0. The summed E-state index contributed by atoms with van der Waals surface area (Å²) >= 11 is 1.78. The Labute approximate surface area is 103 Å². The molecule has 0 bridgehead atoms. The zero-order valence-electron chi connectivity index (χ0n) is 10.4. The molecule has 2 nitrogen and oxygen atoms in total. The lowest BCUT2D eigenvalue weighted by Gasteiger charge is -2.26. The Morgan fingerprint density at radius 3 is 2.38 bits per heavy atom. The minimum atomic E-state index is 0.159. The van der Waals surface area contributed by atoms with Crippen LogP contribution in [0.3, 0.4) is 0 Å². The topological polar surface area (TPSA) is 38.0 Å². The van der Waals surface area contributed by atoms with Crippen molar-refractivity contribution in [3.63, 3.8) is 0 Å². The summed E-state index contributed by atoms with van der Waals surface area (Å²) in [6.45, 7) is 7.05. The molecule has 0 radical (unpaired) electrons. The van der Waals surface area contributed by atoms with Crippen molar-refractivity contribution in [1.82, 2.24) is 5.32 Å². The second-order valence-electron chi connectivity index (χ2n) is 4.58. The van der Waals surface area contributed by atoms with Crippen molar-refractivity contribution >= 4 is 11.8 Å². The van der Waals surface area contributed by atoms with Gasteiger partial charge in [0.2, 0.25) is 0 Å². The van der Waals surface area contributed by atoms with E-state index in [9.17, 15) is 0 Å². The number of rotatable bonds is 6. The minimum Gasteiger partial charge on any atom is -0.329 e. The van der Waals surface area contributed by atoms with E-state index in [0.29, 0.717) is 6.54 Å². The summed E-state index contributed by atoms with van der Waals surface area (Å²) in [5.41, 5.74) is 7.00. The summed E-state index contributed by atoms with van der Waals surface area (Å²) in [5, 5.41) is 3.37. The van der Waals surface area contributed by atoms with Gasteiger partial charge in [-0.05, 0) is 24.0 Å². The van der Waals surface area contributed by atoms with Gasteiger partial charge in [-0.25, -0.2) is 0 Å². The van der Waals surface area contributed by atoms with Crippen molar-refractivity contribution in [3.8, 4) is 0 Å². The SMILES string of the molecule is CSc1ccc(C(C)(C)CNCCN)cc1. The molecule has 0 aliphatic rings. The van der Waals surface area contributed by atoms with Crippen LogP contribution in [0.1, 0.15) is 19.4 Å². The third-order valence-corrected chi connectivity index (χ3v) is 3.50. The summed E-state index contributed by atoms with van der Waals surface area (Å²) < 4.78 is 0. The maximum Gasteiger partial charge on any atom is 0.00748 e. The largest absolute Gasteiger partial charge is 0.329 e. The summed E-state index contributed by atoms with van der Waals surface area (Å²) in [6.07, 6.45) is 2.10. The predicted octanol–water partition coefficient (Wildman–Crippen LogP) is 2.23. The van der Waals surface area contributed by atoms with Gasteiger partial charge >= 0.3 is 0 Å². The van der Waals surface area contributed by atoms with Gasteiger partial charge in [0.25, 0.3) is 0 Å². The van der Waals surface area contributed by atoms with Crippen LogP contribution in [-0.4, -0.2) is 25.9 Å². The molecular formula is C13H22N2S. The monoisotopic (exact) mass is 238 g/mol. The molecule has 0 saturated carbocycles. The number of hydrogen-bond donors (Lipinski definition) is 2. The van der Waals surface area contributed by atoms with Gasteiger partial charge in [-0.2, -0.15) is 0 Å². The second kappa shape index (κ2) is 6.28. The smallest absolute Gasteiger partial charge is 0.00748 e. The lowest BCUT2D eigenvalue weighted by Crippen LogP contribution is -2.35. The Morgan fingerprint density at radius 1 is 1.25 bits per heavy atom. The van der Waals surface area contributed by atoms with Gasteiger partial charge < -0.3 is 11.1 Å². The molecule has 1 aromatic rings. The number of thioether (sulfide) groups is 1. The number of hydrogen-bond acceptors (Lipinski definition) is 3. The van der Waals surface area contributed by atoms with Crippen LogP contribution in [0.2, 0.25) is 0 Å². The van der Waals surface area contributed by atoms with Gasteiger partial charge in [0.05, 0.1) is 0 Å². The van der Waals surface area contributed by atoms with Crippen molar-refractivity contribution in [1.29, 1.82) is 0 Å². The van der Waals surface area contributed by atoms with E-state index in [1.807, 2.05) is 0 Å².